The van der Waals surface area contributed by atoms with Crippen molar-refractivity contribution in [3.63, 3.8) is 0 Å². The van der Waals surface area contributed by atoms with E-state index in [9.17, 15) is 13.2 Å². The number of nitrogens with zero attached hydrogens (tertiary/aromatic N) is 4. The molecule has 0 saturated carbocycles. The van der Waals surface area contributed by atoms with Gasteiger partial charge in [-0.2, -0.15) is 0 Å². The number of likely N-dealkylation sites (N-methyl/N-ethyl adjacent to an activating group) is 1. The predicted molar refractivity (Wildman–Crippen MR) is 100 cm³/mol. The topological polar surface area (TPSA) is 89.6 Å². The molecule has 0 bridgehead atoms. The number of hydrogen-bond acceptors (Lipinski definition) is 6. The van der Waals surface area contributed by atoms with Crippen molar-refractivity contribution in [1.29, 1.82) is 0 Å². The monoisotopic (exact) mass is 402 g/mol. The van der Waals surface area contributed by atoms with Gasteiger partial charge in [-0.15, -0.1) is 10.2 Å². The van der Waals surface area contributed by atoms with Crippen LogP contribution in [0.3, 0.4) is 0 Å². The summed E-state index contributed by atoms with van der Waals surface area (Å²) in [4.78, 5) is 16.2. The molecule has 0 aromatic carbocycles. The Morgan fingerprint density at radius 2 is 2.04 bits per heavy atom. The molecule has 1 aromatic heterocycles. The van der Waals surface area contributed by atoms with Crippen LogP contribution in [0.15, 0.2) is 5.16 Å². The van der Waals surface area contributed by atoms with E-state index in [0.29, 0.717) is 17.4 Å². The molecule has 0 unspecified atom stereocenters. The van der Waals surface area contributed by atoms with E-state index in [2.05, 4.69) is 17.1 Å². The van der Waals surface area contributed by atoms with Crippen LogP contribution < -0.4 is 4.90 Å². The van der Waals surface area contributed by atoms with Crippen LogP contribution >= 0.6 is 11.8 Å². The Morgan fingerprint density at radius 1 is 1.35 bits per heavy atom. The number of thioether (sulfide) groups is 1. The molecule has 1 aromatic rings. The van der Waals surface area contributed by atoms with Gasteiger partial charge in [-0.25, -0.2) is 8.42 Å². The van der Waals surface area contributed by atoms with Crippen molar-refractivity contribution in [2.45, 2.75) is 36.6 Å². The van der Waals surface area contributed by atoms with Crippen LogP contribution in [0.5, 0.6) is 0 Å². The molecule has 2 aliphatic rings. The van der Waals surface area contributed by atoms with Crippen molar-refractivity contribution < 1.29 is 18.1 Å². The highest BCUT2D eigenvalue weighted by atomic mass is 32.2. The van der Waals surface area contributed by atoms with Gasteiger partial charge in [0, 0.05) is 13.0 Å². The summed E-state index contributed by atoms with van der Waals surface area (Å²) in [5.74, 6) is 1.10. The lowest BCUT2D eigenvalue weighted by molar-refractivity contribution is -0.902. The standard InChI is InChI=1S/C16H27N5O3S2/c1-4-20-6-8-21(9-7-20)15(22)12(2)25-16-18-17-14(19(16)3)13-5-10-26(23,24)11-13/h12-13H,4-11H2,1-3H3/p+1/t12-,13+/m0/s1. The van der Waals surface area contributed by atoms with Crippen LogP contribution in [-0.2, 0) is 21.7 Å². The molecular formula is C16H28N5O3S2+. The van der Waals surface area contributed by atoms with Crippen molar-refractivity contribution in [2.24, 2.45) is 7.05 Å². The fourth-order valence-electron chi connectivity index (χ4n) is 3.65. The van der Waals surface area contributed by atoms with E-state index in [1.807, 2.05) is 23.4 Å². The molecule has 3 heterocycles. The van der Waals surface area contributed by atoms with Crippen LogP contribution in [-0.4, -0.2) is 83.5 Å². The number of aromatic nitrogens is 3. The van der Waals surface area contributed by atoms with Crippen molar-refractivity contribution >= 4 is 27.5 Å². The molecule has 0 aliphatic carbocycles. The van der Waals surface area contributed by atoms with Gasteiger partial charge in [-0.05, 0) is 20.3 Å². The van der Waals surface area contributed by atoms with Gasteiger partial charge < -0.3 is 14.4 Å². The lowest BCUT2D eigenvalue weighted by Gasteiger charge is -2.32. The first kappa shape index (κ1) is 19.6. The average Bonchev–Trinajstić information content (AvgIpc) is 3.16. The summed E-state index contributed by atoms with van der Waals surface area (Å²) in [6, 6.07) is 0. The van der Waals surface area contributed by atoms with Gasteiger partial charge in [0.05, 0.1) is 49.5 Å². The van der Waals surface area contributed by atoms with Crippen LogP contribution in [0.25, 0.3) is 0 Å². The number of nitrogens with one attached hydrogen (secondary N) is 1. The zero-order valence-electron chi connectivity index (χ0n) is 15.6. The molecule has 2 aliphatic heterocycles. The second kappa shape index (κ2) is 7.85. The van der Waals surface area contributed by atoms with Crippen LogP contribution in [0.2, 0.25) is 0 Å². The molecule has 10 heteroatoms. The average molecular weight is 403 g/mol. The van der Waals surface area contributed by atoms with Gasteiger partial charge in [0.25, 0.3) is 0 Å². The number of carbonyl (C=O) groups excluding carboxylic acids is 1. The lowest BCUT2D eigenvalue weighted by Crippen LogP contribution is -3.14. The molecule has 0 spiro atoms. The summed E-state index contributed by atoms with van der Waals surface area (Å²) in [7, 11) is -1.11. The van der Waals surface area contributed by atoms with E-state index >= 15 is 0 Å². The molecule has 8 nitrogen and oxygen atoms in total. The minimum Gasteiger partial charge on any atom is -0.332 e. The highest BCUT2D eigenvalue weighted by Crippen LogP contribution is 2.30. The molecular weight excluding hydrogens is 374 g/mol. The van der Waals surface area contributed by atoms with Crippen LogP contribution in [0.4, 0.5) is 0 Å². The summed E-state index contributed by atoms with van der Waals surface area (Å²) >= 11 is 1.40. The Labute approximate surface area is 159 Å². The highest BCUT2D eigenvalue weighted by Gasteiger charge is 2.33. The number of piperazine rings is 1. The van der Waals surface area contributed by atoms with Crippen molar-refractivity contribution in [3.8, 4) is 0 Å². The third-order valence-electron chi connectivity index (χ3n) is 5.38. The maximum atomic E-state index is 12.7. The first-order valence-electron chi connectivity index (χ1n) is 9.19. The van der Waals surface area contributed by atoms with E-state index in [0.717, 1.165) is 32.7 Å². The first-order valence-corrected chi connectivity index (χ1v) is 11.9. The Balaban J connectivity index is 1.61. The minimum absolute atomic E-state index is 0.0945. The zero-order valence-corrected chi connectivity index (χ0v) is 17.3. The smallest absolute Gasteiger partial charge is 0.236 e. The molecule has 2 saturated heterocycles. The third-order valence-corrected chi connectivity index (χ3v) is 8.27. The van der Waals surface area contributed by atoms with Gasteiger partial charge in [0.1, 0.15) is 5.82 Å². The molecule has 2 atom stereocenters. The number of quaternary nitrogens is 1. The molecule has 1 N–H and O–H groups in total. The maximum Gasteiger partial charge on any atom is 0.236 e. The normalized spacial score (nSPS) is 24.7. The molecule has 3 rings (SSSR count). The molecule has 2 fully saturated rings. The number of hydrogen-bond donors (Lipinski definition) is 1. The molecule has 0 radical (unpaired) electrons. The van der Waals surface area contributed by atoms with Crippen molar-refractivity contribution in [2.75, 3.05) is 44.2 Å². The van der Waals surface area contributed by atoms with E-state index in [1.54, 1.807) is 4.90 Å². The highest BCUT2D eigenvalue weighted by molar-refractivity contribution is 8.00. The van der Waals surface area contributed by atoms with E-state index < -0.39 is 9.84 Å². The van der Waals surface area contributed by atoms with Crippen LogP contribution in [0.1, 0.15) is 32.0 Å². The minimum atomic E-state index is -2.96. The van der Waals surface area contributed by atoms with Gasteiger partial charge in [-0.1, -0.05) is 11.8 Å². The Hall–Kier alpha value is -1.13. The number of amides is 1. The van der Waals surface area contributed by atoms with E-state index in [-0.39, 0.29) is 28.6 Å². The summed E-state index contributed by atoms with van der Waals surface area (Å²) in [5.41, 5.74) is 0. The molecule has 1 amide bonds. The quantitative estimate of drug-likeness (QED) is 0.632. The van der Waals surface area contributed by atoms with Gasteiger partial charge >= 0.3 is 0 Å². The van der Waals surface area contributed by atoms with Crippen molar-refractivity contribution in [3.05, 3.63) is 5.82 Å². The predicted octanol–water partition coefficient (Wildman–Crippen LogP) is -1.06. The fraction of sp³-hybridized carbons (Fsp3) is 0.812. The summed E-state index contributed by atoms with van der Waals surface area (Å²) < 4.78 is 25.3. The van der Waals surface area contributed by atoms with Gasteiger partial charge in [0.15, 0.2) is 15.0 Å². The SMILES string of the molecule is CC[NH+]1CCN(C(=O)[C@H](C)Sc2nnc([C@@H]3CCS(=O)(=O)C3)n2C)CC1. The second-order valence-corrected chi connectivity index (χ2v) is 10.7. The Bertz CT molecular complexity index is 756. The number of rotatable bonds is 5. The summed E-state index contributed by atoms with van der Waals surface area (Å²) in [6.45, 7) is 8.79. The van der Waals surface area contributed by atoms with Gasteiger partial charge in [-0.3, -0.25) is 4.79 Å². The maximum absolute atomic E-state index is 12.7. The van der Waals surface area contributed by atoms with E-state index in [1.165, 1.54) is 11.8 Å². The van der Waals surface area contributed by atoms with Crippen LogP contribution in [0, 0.1) is 0 Å². The fourth-order valence-corrected chi connectivity index (χ4v) is 6.29. The zero-order chi connectivity index (χ0) is 18.9. The Morgan fingerprint density at radius 3 is 2.62 bits per heavy atom. The number of carbonyl (C=O) groups is 1. The third kappa shape index (κ3) is 4.23. The van der Waals surface area contributed by atoms with Crippen molar-refractivity contribution in [1.82, 2.24) is 19.7 Å². The lowest BCUT2D eigenvalue weighted by atomic mass is 10.1. The largest absolute Gasteiger partial charge is 0.332 e. The number of sulfone groups is 1. The summed E-state index contributed by atoms with van der Waals surface area (Å²) in [6.07, 6.45) is 0.595. The molecule has 26 heavy (non-hydrogen) atoms. The second-order valence-electron chi connectivity index (χ2n) is 7.19. The first-order chi connectivity index (χ1) is 12.3. The van der Waals surface area contributed by atoms with E-state index in [4.69, 9.17) is 0 Å². The summed E-state index contributed by atoms with van der Waals surface area (Å²) in [5, 5.41) is 8.85. The van der Waals surface area contributed by atoms with Gasteiger partial charge in [0.2, 0.25) is 5.91 Å². The Kier molecular flexibility index (Phi) is 5.93. The molecule has 146 valence electrons.